The molecule has 0 aliphatic carbocycles. The van der Waals surface area contributed by atoms with Crippen molar-refractivity contribution in [3.8, 4) is 0 Å². The molecule has 2 amide bonds. The molecule has 4 rings (SSSR count). The maximum Gasteiger partial charge on any atom is 0.278 e. The van der Waals surface area contributed by atoms with Crippen LogP contribution in [-0.4, -0.2) is 64.2 Å². The molecule has 1 fully saturated rings. The Morgan fingerprint density at radius 2 is 1.85 bits per heavy atom. The highest BCUT2D eigenvalue weighted by Crippen LogP contribution is 2.34. The number of thiophene rings is 1. The van der Waals surface area contributed by atoms with Gasteiger partial charge in [-0.3, -0.25) is 19.5 Å². The third-order valence-electron chi connectivity index (χ3n) is 5.09. The van der Waals surface area contributed by atoms with Gasteiger partial charge in [-0.25, -0.2) is 0 Å². The van der Waals surface area contributed by atoms with E-state index in [1.54, 1.807) is 6.20 Å². The van der Waals surface area contributed by atoms with E-state index in [2.05, 4.69) is 21.7 Å². The topological polar surface area (TPSA) is 56.8 Å². The van der Waals surface area contributed by atoms with E-state index in [1.165, 1.54) is 16.2 Å². The molecule has 140 valence electrons. The van der Waals surface area contributed by atoms with Gasteiger partial charge >= 0.3 is 0 Å². The molecule has 0 bridgehead atoms. The van der Waals surface area contributed by atoms with Crippen molar-refractivity contribution in [2.75, 3.05) is 32.7 Å². The van der Waals surface area contributed by atoms with Crippen LogP contribution in [0.4, 0.5) is 0 Å². The molecular weight excluding hydrogens is 360 g/mol. The number of carbonyl (C=O) groups is 2. The summed E-state index contributed by atoms with van der Waals surface area (Å²) in [4.78, 5) is 37.3. The summed E-state index contributed by atoms with van der Waals surface area (Å²) in [5.41, 5.74) is 1.80. The number of rotatable bonds is 5. The minimum absolute atomic E-state index is 0.200. The lowest BCUT2D eigenvalue weighted by Gasteiger charge is -2.35. The van der Waals surface area contributed by atoms with Crippen LogP contribution in [0.2, 0.25) is 0 Å². The number of aromatic nitrogens is 1. The highest BCUT2D eigenvalue weighted by molar-refractivity contribution is 7.11. The third kappa shape index (κ3) is 3.40. The van der Waals surface area contributed by atoms with Crippen molar-refractivity contribution in [3.63, 3.8) is 0 Å². The fourth-order valence-corrected chi connectivity index (χ4v) is 4.35. The number of carbonyl (C=O) groups excluding carboxylic acids is 2. The smallest absolute Gasteiger partial charge is 0.278 e. The lowest BCUT2D eigenvalue weighted by molar-refractivity contribution is -0.138. The predicted molar refractivity (Wildman–Crippen MR) is 105 cm³/mol. The van der Waals surface area contributed by atoms with Crippen LogP contribution < -0.4 is 0 Å². The summed E-state index contributed by atoms with van der Waals surface area (Å²) >= 11 is 1.50. The number of pyridine rings is 1. The minimum atomic E-state index is -0.221. The average molecular weight is 382 g/mol. The molecule has 0 radical (unpaired) electrons. The number of imide groups is 1. The van der Waals surface area contributed by atoms with Crippen LogP contribution in [0.1, 0.15) is 17.5 Å². The van der Waals surface area contributed by atoms with Gasteiger partial charge in [0.25, 0.3) is 11.8 Å². The molecule has 0 atom stereocenters. The second-order valence-electron chi connectivity index (χ2n) is 6.64. The molecule has 0 spiro atoms. The molecule has 0 saturated carbocycles. The van der Waals surface area contributed by atoms with Gasteiger partial charge in [0.2, 0.25) is 0 Å². The van der Waals surface area contributed by atoms with Crippen LogP contribution in [0, 0.1) is 0 Å². The van der Waals surface area contributed by atoms with Crippen molar-refractivity contribution >= 4 is 28.7 Å². The monoisotopic (exact) mass is 382 g/mol. The average Bonchev–Trinajstić information content (AvgIpc) is 3.31. The van der Waals surface area contributed by atoms with E-state index >= 15 is 0 Å². The van der Waals surface area contributed by atoms with Crippen molar-refractivity contribution < 1.29 is 9.59 Å². The van der Waals surface area contributed by atoms with Crippen LogP contribution in [0.5, 0.6) is 0 Å². The quantitative estimate of drug-likeness (QED) is 0.741. The van der Waals surface area contributed by atoms with Crippen molar-refractivity contribution in [2.24, 2.45) is 0 Å². The summed E-state index contributed by atoms with van der Waals surface area (Å²) in [6.45, 7) is 6.67. The van der Waals surface area contributed by atoms with Crippen LogP contribution in [0.3, 0.4) is 0 Å². The highest BCUT2D eigenvalue weighted by Gasteiger charge is 2.42. The first kappa shape index (κ1) is 17.9. The lowest BCUT2D eigenvalue weighted by atomic mass is 10.1. The first-order valence-corrected chi connectivity index (χ1v) is 10.1. The van der Waals surface area contributed by atoms with Gasteiger partial charge in [0.1, 0.15) is 5.70 Å². The molecular formula is C20H22N4O2S. The van der Waals surface area contributed by atoms with Crippen LogP contribution in [0.15, 0.2) is 47.6 Å². The van der Waals surface area contributed by atoms with Crippen molar-refractivity contribution in [1.82, 2.24) is 19.7 Å². The Bertz CT molecular complexity index is 855. The van der Waals surface area contributed by atoms with E-state index in [-0.39, 0.29) is 18.4 Å². The first-order valence-electron chi connectivity index (χ1n) is 9.20. The molecule has 1 saturated heterocycles. The van der Waals surface area contributed by atoms with Gasteiger partial charge in [0.05, 0.1) is 17.8 Å². The van der Waals surface area contributed by atoms with E-state index in [4.69, 9.17) is 0 Å². The Kier molecular flexibility index (Phi) is 5.05. The van der Waals surface area contributed by atoms with Gasteiger partial charge in [0.15, 0.2) is 0 Å². The normalized spacial score (nSPS) is 18.7. The second-order valence-corrected chi connectivity index (χ2v) is 7.59. The van der Waals surface area contributed by atoms with Gasteiger partial charge in [0, 0.05) is 37.3 Å². The number of likely N-dealkylation sites (N-methyl/N-ethyl adjacent to an activating group) is 1. The molecule has 6 nitrogen and oxygen atoms in total. The summed E-state index contributed by atoms with van der Waals surface area (Å²) in [7, 11) is 0. The van der Waals surface area contributed by atoms with Crippen molar-refractivity contribution in [1.29, 1.82) is 0 Å². The molecule has 2 aromatic rings. The number of piperazine rings is 1. The summed E-state index contributed by atoms with van der Waals surface area (Å²) in [5.74, 6) is -0.431. The molecule has 0 aromatic carbocycles. The van der Waals surface area contributed by atoms with E-state index in [0.717, 1.165) is 37.6 Å². The fraction of sp³-hybridized carbons (Fsp3) is 0.350. The number of hydrogen-bond acceptors (Lipinski definition) is 6. The zero-order chi connectivity index (χ0) is 18.8. The molecule has 0 unspecified atom stereocenters. The highest BCUT2D eigenvalue weighted by atomic mass is 32.1. The molecule has 7 heteroatoms. The summed E-state index contributed by atoms with van der Waals surface area (Å²) in [5, 5.41) is 1.94. The minimum Gasteiger partial charge on any atom is -0.364 e. The molecule has 2 aromatic heterocycles. The molecule has 4 heterocycles. The summed E-state index contributed by atoms with van der Waals surface area (Å²) < 4.78 is 0. The zero-order valence-corrected chi connectivity index (χ0v) is 16.1. The maximum atomic E-state index is 13.2. The molecule has 0 N–H and O–H groups in total. The van der Waals surface area contributed by atoms with Crippen molar-refractivity contribution in [2.45, 2.75) is 13.5 Å². The van der Waals surface area contributed by atoms with E-state index in [0.29, 0.717) is 17.0 Å². The lowest BCUT2D eigenvalue weighted by Crippen LogP contribution is -2.47. The van der Waals surface area contributed by atoms with Gasteiger partial charge < -0.3 is 9.80 Å². The number of nitrogens with zero attached hydrogens (tertiary/aromatic N) is 4. The number of hydrogen-bond donors (Lipinski definition) is 0. The van der Waals surface area contributed by atoms with Crippen molar-refractivity contribution in [3.05, 3.63) is 58.2 Å². The number of amides is 2. The Hall–Kier alpha value is -2.51. The maximum absolute atomic E-state index is 13.2. The van der Waals surface area contributed by atoms with Gasteiger partial charge in [-0.2, -0.15) is 0 Å². The SMILES string of the molecule is CCN1CCN(C2=C(c3cccs3)C(=O)N(Cc3ccccn3)C2=O)CC1. The van der Waals surface area contributed by atoms with E-state index in [1.807, 2.05) is 35.7 Å². The summed E-state index contributed by atoms with van der Waals surface area (Å²) in [6.07, 6.45) is 1.68. The van der Waals surface area contributed by atoms with Gasteiger partial charge in [-0.15, -0.1) is 11.3 Å². The largest absolute Gasteiger partial charge is 0.364 e. The zero-order valence-electron chi connectivity index (χ0n) is 15.3. The Morgan fingerprint density at radius 1 is 1.04 bits per heavy atom. The summed E-state index contributed by atoms with van der Waals surface area (Å²) in [6, 6.07) is 9.36. The molecule has 2 aliphatic heterocycles. The van der Waals surface area contributed by atoms with E-state index < -0.39 is 0 Å². The fourth-order valence-electron chi connectivity index (χ4n) is 3.58. The predicted octanol–water partition coefficient (Wildman–Crippen LogP) is 2.06. The van der Waals surface area contributed by atoms with Crippen LogP contribution >= 0.6 is 11.3 Å². The molecule has 27 heavy (non-hydrogen) atoms. The van der Waals surface area contributed by atoms with Crippen LogP contribution in [0.25, 0.3) is 5.57 Å². The third-order valence-corrected chi connectivity index (χ3v) is 5.98. The van der Waals surface area contributed by atoms with E-state index in [9.17, 15) is 9.59 Å². The Labute approximate surface area is 162 Å². The van der Waals surface area contributed by atoms with Crippen LogP contribution in [-0.2, 0) is 16.1 Å². The standard InChI is InChI=1S/C20H22N4O2S/c1-2-22-9-11-23(12-10-22)18-17(16-7-5-13-27-16)19(25)24(20(18)26)14-15-6-3-4-8-21-15/h3-8,13H,2,9-12,14H2,1H3. The Balaban J connectivity index is 1.66. The van der Waals surface area contributed by atoms with Gasteiger partial charge in [-0.05, 0) is 30.1 Å². The van der Waals surface area contributed by atoms with Gasteiger partial charge in [-0.1, -0.05) is 19.1 Å². The first-order chi connectivity index (χ1) is 13.2. The second kappa shape index (κ2) is 7.62. The Morgan fingerprint density at radius 3 is 2.48 bits per heavy atom. The molecule has 2 aliphatic rings.